The summed E-state index contributed by atoms with van der Waals surface area (Å²) in [6.07, 6.45) is 0. The Morgan fingerprint density at radius 3 is 2.76 bits per heavy atom. The summed E-state index contributed by atoms with van der Waals surface area (Å²) in [7, 11) is 1.62. The minimum atomic E-state index is -0.274. The zero-order chi connectivity index (χ0) is 12.4. The summed E-state index contributed by atoms with van der Waals surface area (Å²) in [6, 6.07) is 6.55. The number of hydrogen-bond acceptors (Lipinski definition) is 3. The number of hydrogen-bond donors (Lipinski definition) is 1. The fraction of sp³-hybridized carbons (Fsp3) is 0.231. The molecule has 1 unspecified atom stereocenters. The van der Waals surface area contributed by atoms with E-state index in [-0.39, 0.29) is 11.9 Å². The van der Waals surface area contributed by atoms with Crippen LogP contribution in [0.4, 0.5) is 4.39 Å². The number of nitrogens with two attached hydrogens (primary N) is 1. The number of ether oxygens (including phenoxy) is 1. The summed E-state index contributed by atoms with van der Waals surface area (Å²) in [6.45, 7) is 1.73. The Bertz CT molecular complexity index is 524. The van der Waals surface area contributed by atoms with Crippen molar-refractivity contribution in [1.82, 2.24) is 0 Å². The van der Waals surface area contributed by atoms with E-state index in [1.165, 1.54) is 6.07 Å². The van der Waals surface area contributed by atoms with Crippen molar-refractivity contribution in [2.24, 2.45) is 5.73 Å². The molecule has 0 bridgehead atoms. The highest BCUT2D eigenvalue weighted by molar-refractivity contribution is 7.10. The lowest BCUT2D eigenvalue weighted by atomic mass is 10.0. The van der Waals surface area contributed by atoms with Gasteiger partial charge in [0, 0.05) is 0 Å². The maximum Gasteiger partial charge on any atom is 0.134 e. The van der Waals surface area contributed by atoms with Crippen LogP contribution in [0.25, 0.3) is 0 Å². The van der Waals surface area contributed by atoms with Crippen molar-refractivity contribution in [3.05, 3.63) is 51.5 Å². The second kappa shape index (κ2) is 4.85. The molecule has 90 valence electrons. The molecule has 0 saturated heterocycles. The number of halogens is 1. The van der Waals surface area contributed by atoms with E-state index < -0.39 is 0 Å². The first-order chi connectivity index (χ1) is 8.13. The quantitative estimate of drug-likeness (QED) is 0.908. The van der Waals surface area contributed by atoms with Crippen molar-refractivity contribution in [2.45, 2.75) is 13.0 Å². The van der Waals surface area contributed by atoms with Gasteiger partial charge >= 0.3 is 0 Å². The molecule has 0 aliphatic carbocycles. The minimum Gasteiger partial charge on any atom is -0.496 e. The molecule has 0 amide bonds. The van der Waals surface area contributed by atoms with Crippen LogP contribution in [0.1, 0.15) is 22.0 Å². The summed E-state index contributed by atoms with van der Waals surface area (Å²) >= 11 is 1.54. The monoisotopic (exact) mass is 251 g/mol. The van der Waals surface area contributed by atoms with Crippen LogP contribution in [-0.2, 0) is 0 Å². The fourth-order valence-electron chi connectivity index (χ4n) is 1.72. The highest BCUT2D eigenvalue weighted by Gasteiger charge is 2.16. The van der Waals surface area contributed by atoms with Crippen molar-refractivity contribution in [3.63, 3.8) is 0 Å². The third-order valence-corrected chi connectivity index (χ3v) is 3.68. The largest absolute Gasteiger partial charge is 0.496 e. The molecule has 17 heavy (non-hydrogen) atoms. The van der Waals surface area contributed by atoms with Crippen LogP contribution >= 0.6 is 11.3 Å². The van der Waals surface area contributed by atoms with Gasteiger partial charge in [-0.1, -0.05) is 12.1 Å². The van der Waals surface area contributed by atoms with Crippen LogP contribution in [0.3, 0.4) is 0 Å². The Kier molecular flexibility index (Phi) is 3.45. The number of benzene rings is 1. The van der Waals surface area contributed by atoms with Crippen LogP contribution in [0.2, 0.25) is 0 Å². The van der Waals surface area contributed by atoms with Gasteiger partial charge in [-0.15, -0.1) is 11.3 Å². The lowest BCUT2D eigenvalue weighted by molar-refractivity contribution is 0.411. The first-order valence-corrected chi connectivity index (χ1v) is 6.14. The molecule has 0 radical (unpaired) electrons. The molecule has 0 aliphatic heterocycles. The number of aryl methyl sites for hydroxylation is 1. The summed E-state index contributed by atoms with van der Waals surface area (Å²) in [4.78, 5) is 0.957. The number of methoxy groups -OCH3 is 1. The van der Waals surface area contributed by atoms with Gasteiger partial charge in [-0.05, 0) is 35.6 Å². The van der Waals surface area contributed by atoms with Crippen LogP contribution in [0.15, 0.2) is 29.6 Å². The first kappa shape index (κ1) is 12.1. The Morgan fingerprint density at radius 1 is 1.35 bits per heavy atom. The van der Waals surface area contributed by atoms with Crippen molar-refractivity contribution in [1.29, 1.82) is 0 Å². The molecule has 0 saturated carbocycles. The fourth-order valence-corrected chi connectivity index (χ4v) is 2.61. The van der Waals surface area contributed by atoms with Gasteiger partial charge in [0.15, 0.2) is 0 Å². The molecule has 0 fully saturated rings. The zero-order valence-electron chi connectivity index (χ0n) is 9.74. The van der Waals surface area contributed by atoms with E-state index in [1.54, 1.807) is 37.5 Å². The molecule has 0 aliphatic rings. The van der Waals surface area contributed by atoms with Gasteiger partial charge in [0.2, 0.25) is 0 Å². The number of thiophene rings is 1. The second-order valence-electron chi connectivity index (χ2n) is 3.84. The summed E-state index contributed by atoms with van der Waals surface area (Å²) < 4.78 is 18.4. The average molecular weight is 251 g/mol. The standard InChI is InChI=1S/C13H14FNOS/c1-8-7-9(3-4-10(8)14)12(15)13-11(16-2)5-6-17-13/h3-7,12H,15H2,1-2H3. The Balaban J connectivity index is 2.36. The van der Waals surface area contributed by atoms with Gasteiger partial charge in [-0.3, -0.25) is 0 Å². The third-order valence-electron chi connectivity index (χ3n) is 2.70. The summed E-state index contributed by atoms with van der Waals surface area (Å²) in [5, 5.41) is 1.93. The molecule has 4 heteroatoms. The van der Waals surface area contributed by atoms with Crippen LogP contribution in [0.5, 0.6) is 5.75 Å². The molecule has 1 atom stereocenters. The predicted molar refractivity (Wildman–Crippen MR) is 68.0 cm³/mol. The summed E-state index contributed by atoms with van der Waals surface area (Å²) in [5.41, 5.74) is 7.66. The van der Waals surface area contributed by atoms with Gasteiger partial charge in [0.25, 0.3) is 0 Å². The molecule has 2 rings (SSSR count). The topological polar surface area (TPSA) is 35.2 Å². The van der Waals surface area contributed by atoms with E-state index in [0.717, 1.165) is 16.2 Å². The van der Waals surface area contributed by atoms with E-state index in [4.69, 9.17) is 10.5 Å². The van der Waals surface area contributed by atoms with Crippen molar-refractivity contribution < 1.29 is 9.13 Å². The summed E-state index contributed by atoms with van der Waals surface area (Å²) in [5.74, 6) is 0.573. The van der Waals surface area contributed by atoms with E-state index in [9.17, 15) is 4.39 Å². The minimum absolute atomic E-state index is 0.209. The van der Waals surface area contributed by atoms with Crippen molar-refractivity contribution >= 4 is 11.3 Å². The van der Waals surface area contributed by atoms with E-state index in [1.807, 2.05) is 11.4 Å². The molecule has 1 aromatic carbocycles. The van der Waals surface area contributed by atoms with Gasteiger partial charge < -0.3 is 10.5 Å². The maximum atomic E-state index is 13.2. The Labute approximate surface area is 104 Å². The van der Waals surface area contributed by atoms with Gasteiger partial charge in [0.1, 0.15) is 11.6 Å². The number of rotatable bonds is 3. The van der Waals surface area contributed by atoms with Gasteiger partial charge in [0.05, 0.1) is 18.0 Å². The smallest absolute Gasteiger partial charge is 0.134 e. The van der Waals surface area contributed by atoms with E-state index >= 15 is 0 Å². The van der Waals surface area contributed by atoms with Crippen molar-refractivity contribution in [2.75, 3.05) is 7.11 Å². The molecular weight excluding hydrogens is 237 g/mol. The highest BCUT2D eigenvalue weighted by Crippen LogP contribution is 2.33. The SMILES string of the molecule is COc1ccsc1C(N)c1ccc(F)c(C)c1. The predicted octanol–water partition coefficient (Wildman–Crippen LogP) is 3.25. The van der Waals surface area contributed by atoms with Crippen LogP contribution in [0, 0.1) is 12.7 Å². The molecule has 2 N–H and O–H groups in total. The highest BCUT2D eigenvalue weighted by atomic mass is 32.1. The molecule has 2 nitrogen and oxygen atoms in total. The van der Waals surface area contributed by atoms with Gasteiger partial charge in [-0.25, -0.2) is 4.39 Å². The maximum absolute atomic E-state index is 13.2. The van der Waals surface area contributed by atoms with Gasteiger partial charge in [-0.2, -0.15) is 0 Å². The van der Waals surface area contributed by atoms with E-state index in [2.05, 4.69) is 0 Å². The normalized spacial score (nSPS) is 12.5. The van der Waals surface area contributed by atoms with E-state index in [0.29, 0.717) is 5.56 Å². The zero-order valence-corrected chi connectivity index (χ0v) is 10.6. The Morgan fingerprint density at radius 2 is 2.12 bits per heavy atom. The second-order valence-corrected chi connectivity index (χ2v) is 4.79. The average Bonchev–Trinajstić information content (AvgIpc) is 2.80. The third kappa shape index (κ3) is 2.33. The van der Waals surface area contributed by atoms with Crippen molar-refractivity contribution in [3.8, 4) is 5.75 Å². The van der Waals surface area contributed by atoms with Crippen LogP contribution in [-0.4, -0.2) is 7.11 Å². The lowest BCUT2D eigenvalue weighted by Crippen LogP contribution is -2.11. The molecule has 1 aromatic heterocycles. The Hall–Kier alpha value is -1.39. The molecule has 1 heterocycles. The molecular formula is C13H14FNOS. The molecule has 2 aromatic rings. The van der Waals surface area contributed by atoms with Crippen LogP contribution < -0.4 is 10.5 Å². The lowest BCUT2D eigenvalue weighted by Gasteiger charge is -2.13. The molecule has 0 spiro atoms. The first-order valence-electron chi connectivity index (χ1n) is 5.26.